The Morgan fingerprint density at radius 2 is 0.873 bits per heavy atom. The molecule has 0 aromatic carbocycles. The van der Waals surface area contributed by atoms with E-state index in [1.165, 1.54) is 154 Å². The van der Waals surface area contributed by atoms with E-state index in [4.69, 9.17) is 14.2 Å². The Hall–Kier alpha value is -2.64. The second-order valence-electron chi connectivity index (χ2n) is 22.8. The van der Waals surface area contributed by atoms with Crippen molar-refractivity contribution < 1.29 is 49.3 Å². The summed E-state index contributed by atoms with van der Waals surface area (Å²) in [6, 6.07) is -1.03. The minimum atomic E-state index is -1.62. The van der Waals surface area contributed by atoms with Gasteiger partial charge in [-0.2, -0.15) is 0 Å². The van der Waals surface area contributed by atoms with Crippen molar-refractivity contribution in [2.24, 2.45) is 0 Å². The predicted octanol–water partition coefficient (Wildman–Crippen LogP) is 16.2. The van der Waals surface area contributed by atoms with Gasteiger partial charge in [0, 0.05) is 6.42 Å². The van der Waals surface area contributed by atoms with Crippen LogP contribution in [0.4, 0.5) is 0 Å². The Morgan fingerprint density at radius 1 is 0.494 bits per heavy atom. The van der Waals surface area contributed by atoms with E-state index >= 15 is 0 Å². The number of allylic oxidation sites excluding steroid dienone is 9. The number of carbonyl (C=O) groups excluding carboxylic acids is 2. The van der Waals surface area contributed by atoms with Crippen LogP contribution < -0.4 is 5.32 Å². The molecule has 11 heteroatoms. The molecule has 6 N–H and O–H groups in total. The monoisotopic (exact) mass is 1110 g/mol. The van der Waals surface area contributed by atoms with Crippen molar-refractivity contribution >= 4 is 11.9 Å². The summed E-state index contributed by atoms with van der Waals surface area (Å²) < 4.78 is 17.7. The number of aliphatic hydroxyl groups excluding tert-OH is 5. The Morgan fingerprint density at radius 3 is 1.34 bits per heavy atom. The van der Waals surface area contributed by atoms with Crippen LogP contribution in [0.3, 0.4) is 0 Å². The minimum Gasteiger partial charge on any atom is -0.454 e. The molecule has 1 aliphatic heterocycles. The van der Waals surface area contributed by atoms with Crippen LogP contribution in [0.25, 0.3) is 0 Å². The maximum absolute atomic E-state index is 13.4. The smallest absolute Gasteiger partial charge is 0.306 e. The van der Waals surface area contributed by atoms with Crippen molar-refractivity contribution in [2.45, 2.75) is 346 Å². The molecule has 8 unspecified atom stereocenters. The van der Waals surface area contributed by atoms with Crippen LogP contribution in [-0.2, 0) is 23.8 Å². The topological polar surface area (TPSA) is 175 Å². The van der Waals surface area contributed by atoms with Gasteiger partial charge < -0.3 is 45.1 Å². The standard InChI is InChI=1S/C68H123NO10/c1-4-7-10-13-16-19-22-25-27-29-30-31-32-33-35-38-41-44-47-50-53-56-63(73)79-66-65(75)64(74)62(57-70)78-68(66)77-58-59(60(71)54-51-48-45-42-39-36-24-21-18-15-12-9-6-3)69-67(76)61(72)55-52-49-46-43-40-37-34-28-26-23-20-17-14-11-8-5-2/h16,19,25-28,30-31,51,54,59-62,64-66,68,70-72,74-75H,4-15,17-18,20-24,29,32-50,52-53,55-58H2,1-3H3,(H,69,76)/b19-16-,27-25-,28-26+,31-30-,54-51+. The molecule has 0 aliphatic carbocycles. The number of aliphatic hydroxyl groups is 5. The van der Waals surface area contributed by atoms with Gasteiger partial charge in [0.1, 0.15) is 24.4 Å². The fraction of sp³-hybridized carbons (Fsp3) is 0.824. The first-order valence-electron chi connectivity index (χ1n) is 33.1. The second kappa shape index (κ2) is 55.9. The number of hydrogen-bond acceptors (Lipinski definition) is 10. The lowest BCUT2D eigenvalue weighted by Gasteiger charge is -2.41. The fourth-order valence-corrected chi connectivity index (χ4v) is 10.1. The van der Waals surface area contributed by atoms with E-state index in [1.54, 1.807) is 6.08 Å². The second-order valence-corrected chi connectivity index (χ2v) is 22.8. The van der Waals surface area contributed by atoms with Crippen molar-refractivity contribution in [1.29, 1.82) is 0 Å². The summed E-state index contributed by atoms with van der Waals surface area (Å²) in [7, 11) is 0. The van der Waals surface area contributed by atoms with Gasteiger partial charge in [-0.1, -0.05) is 261 Å². The average molecular weight is 1110 g/mol. The molecule has 11 nitrogen and oxygen atoms in total. The van der Waals surface area contributed by atoms with Gasteiger partial charge >= 0.3 is 5.97 Å². The molecule has 1 aliphatic rings. The molecular weight excluding hydrogens is 991 g/mol. The molecule has 79 heavy (non-hydrogen) atoms. The third-order valence-corrected chi connectivity index (χ3v) is 15.4. The van der Waals surface area contributed by atoms with E-state index in [0.29, 0.717) is 12.8 Å². The number of amides is 1. The van der Waals surface area contributed by atoms with E-state index in [1.807, 2.05) is 6.08 Å². The number of nitrogens with one attached hydrogen (secondary N) is 1. The SMILES string of the molecule is CCCCC/C=C\C/C=C\C/C=C\CCCCCCCCCCC(=O)OC1C(OCC(NC(=O)C(O)CCCCCCCC/C=C/CCCCCCCC)C(O)/C=C/CCCCCCCCCCCCC)OC(CO)C(O)C1O. The Balaban J connectivity index is 2.66. The zero-order valence-corrected chi connectivity index (χ0v) is 51.0. The maximum Gasteiger partial charge on any atom is 0.306 e. The molecule has 1 heterocycles. The molecule has 1 fully saturated rings. The Kier molecular flexibility index (Phi) is 52.6. The molecule has 0 spiro atoms. The molecule has 0 bridgehead atoms. The molecular formula is C68H123NO10. The lowest BCUT2D eigenvalue weighted by atomic mass is 9.99. The van der Waals surface area contributed by atoms with Gasteiger partial charge in [0.15, 0.2) is 12.4 Å². The molecule has 0 radical (unpaired) electrons. The van der Waals surface area contributed by atoms with Gasteiger partial charge in [-0.15, -0.1) is 0 Å². The third-order valence-electron chi connectivity index (χ3n) is 15.4. The van der Waals surface area contributed by atoms with Gasteiger partial charge in [0.2, 0.25) is 5.91 Å². The van der Waals surface area contributed by atoms with Crippen molar-refractivity contribution in [3.8, 4) is 0 Å². The summed E-state index contributed by atoms with van der Waals surface area (Å²) in [5, 5.41) is 57.1. The summed E-state index contributed by atoms with van der Waals surface area (Å²) >= 11 is 0. The van der Waals surface area contributed by atoms with E-state index in [2.05, 4.69) is 74.7 Å². The van der Waals surface area contributed by atoms with E-state index in [-0.39, 0.29) is 19.4 Å². The molecule has 460 valence electrons. The van der Waals surface area contributed by atoms with Gasteiger partial charge in [-0.25, -0.2) is 0 Å². The summed E-state index contributed by atoms with van der Waals surface area (Å²) in [6.45, 7) is 5.77. The first-order valence-corrected chi connectivity index (χ1v) is 33.1. The molecule has 8 atom stereocenters. The van der Waals surface area contributed by atoms with Crippen LogP contribution in [0.15, 0.2) is 60.8 Å². The third kappa shape index (κ3) is 43.7. The maximum atomic E-state index is 13.4. The van der Waals surface area contributed by atoms with Crippen LogP contribution in [0.2, 0.25) is 0 Å². The first kappa shape index (κ1) is 74.4. The summed E-state index contributed by atoms with van der Waals surface area (Å²) in [4.78, 5) is 26.6. The van der Waals surface area contributed by atoms with Gasteiger partial charge in [0.25, 0.3) is 0 Å². The van der Waals surface area contributed by atoms with Crippen molar-refractivity contribution in [2.75, 3.05) is 13.2 Å². The molecule has 1 rings (SSSR count). The van der Waals surface area contributed by atoms with Crippen LogP contribution >= 0.6 is 0 Å². The zero-order valence-electron chi connectivity index (χ0n) is 51.0. The molecule has 1 saturated heterocycles. The number of hydrogen-bond donors (Lipinski definition) is 6. The minimum absolute atomic E-state index is 0.114. The Bertz CT molecular complexity index is 1510. The first-order chi connectivity index (χ1) is 38.7. The molecule has 0 aromatic heterocycles. The normalized spacial score (nSPS) is 19.2. The largest absolute Gasteiger partial charge is 0.454 e. The van der Waals surface area contributed by atoms with E-state index in [0.717, 1.165) is 96.3 Å². The van der Waals surface area contributed by atoms with Gasteiger partial charge in [-0.05, 0) is 89.9 Å². The highest BCUT2D eigenvalue weighted by molar-refractivity contribution is 5.80. The molecule has 0 saturated carbocycles. The van der Waals surface area contributed by atoms with Crippen LogP contribution in [0.5, 0.6) is 0 Å². The van der Waals surface area contributed by atoms with E-state index in [9.17, 15) is 35.1 Å². The van der Waals surface area contributed by atoms with Crippen molar-refractivity contribution in [3.05, 3.63) is 60.8 Å². The van der Waals surface area contributed by atoms with Crippen molar-refractivity contribution in [3.63, 3.8) is 0 Å². The fourth-order valence-electron chi connectivity index (χ4n) is 10.1. The quantitative estimate of drug-likeness (QED) is 0.0195. The Labute approximate surface area is 484 Å². The zero-order chi connectivity index (χ0) is 57.5. The predicted molar refractivity (Wildman–Crippen MR) is 329 cm³/mol. The molecule has 0 aromatic rings. The number of rotatable bonds is 56. The number of unbranched alkanes of at least 4 members (excludes halogenated alkanes) is 34. The summed E-state index contributed by atoms with van der Waals surface area (Å²) in [5.74, 6) is -1.20. The number of carbonyl (C=O) groups is 2. The number of esters is 1. The summed E-state index contributed by atoms with van der Waals surface area (Å²) in [5.41, 5.74) is 0. The molecule has 1 amide bonds. The lowest BCUT2D eigenvalue weighted by Crippen LogP contribution is -2.61. The van der Waals surface area contributed by atoms with Crippen LogP contribution in [0.1, 0.15) is 297 Å². The highest BCUT2D eigenvalue weighted by atomic mass is 16.7. The van der Waals surface area contributed by atoms with Crippen molar-refractivity contribution in [1.82, 2.24) is 5.32 Å². The van der Waals surface area contributed by atoms with Gasteiger partial charge in [-0.3, -0.25) is 9.59 Å². The summed E-state index contributed by atoms with van der Waals surface area (Å²) in [6.07, 6.45) is 59.6. The average Bonchev–Trinajstić information content (AvgIpc) is 3.49. The van der Waals surface area contributed by atoms with Crippen LogP contribution in [0, 0.1) is 0 Å². The van der Waals surface area contributed by atoms with Crippen LogP contribution in [-0.4, -0.2) is 99.6 Å². The number of ether oxygens (including phenoxy) is 3. The highest BCUT2D eigenvalue weighted by Gasteiger charge is 2.47. The van der Waals surface area contributed by atoms with Gasteiger partial charge in [0.05, 0.1) is 25.4 Å². The highest BCUT2D eigenvalue weighted by Crippen LogP contribution is 2.26. The lowest BCUT2D eigenvalue weighted by molar-refractivity contribution is -0.305. The van der Waals surface area contributed by atoms with E-state index < -0.39 is 67.4 Å².